The molecule has 22 heavy (non-hydrogen) atoms. The van der Waals surface area contributed by atoms with Crippen LogP contribution < -0.4 is 5.32 Å². The number of aliphatic hydroxyl groups excluding tert-OH is 1. The minimum atomic E-state index is -4.47. The van der Waals surface area contributed by atoms with E-state index in [1.54, 1.807) is 7.05 Å². The molecule has 0 aliphatic rings. The van der Waals surface area contributed by atoms with Crippen LogP contribution in [0.25, 0.3) is 0 Å². The zero-order valence-corrected chi connectivity index (χ0v) is 12.1. The van der Waals surface area contributed by atoms with E-state index in [2.05, 4.69) is 10.4 Å². The fourth-order valence-corrected chi connectivity index (χ4v) is 2.28. The molecule has 0 saturated carbocycles. The van der Waals surface area contributed by atoms with E-state index in [1.807, 2.05) is 30.3 Å². The van der Waals surface area contributed by atoms with Gasteiger partial charge < -0.3 is 5.11 Å². The van der Waals surface area contributed by atoms with Gasteiger partial charge in [0, 0.05) is 24.8 Å². The van der Waals surface area contributed by atoms with E-state index in [4.69, 9.17) is 0 Å². The van der Waals surface area contributed by atoms with Crippen LogP contribution in [0.2, 0.25) is 0 Å². The van der Waals surface area contributed by atoms with E-state index in [-0.39, 0.29) is 12.2 Å². The smallest absolute Gasteiger partial charge is 0.395 e. The van der Waals surface area contributed by atoms with Gasteiger partial charge in [-0.2, -0.15) is 18.3 Å². The molecule has 0 amide bonds. The Morgan fingerprint density at radius 3 is 2.45 bits per heavy atom. The number of hydrogen-bond acceptors (Lipinski definition) is 3. The molecule has 2 atom stereocenters. The largest absolute Gasteiger partial charge is 0.408 e. The molecule has 2 rings (SSSR count). The van der Waals surface area contributed by atoms with Gasteiger partial charge in [-0.25, -0.2) is 0 Å². The molecule has 1 aromatic heterocycles. The van der Waals surface area contributed by atoms with Gasteiger partial charge >= 0.3 is 6.18 Å². The summed E-state index contributed by atoms with van der Waals surface area (Å²) in [5.41, 5.74) is 0.891. The Kier molecular flexibility index (Phi) is 5.20. The predicted octanol–water partition coefficient (Wildman–Crippen LogP) is 2.22. The first-order valence-electron chi connectivity index (χ1n) is 6.86. The summed E-state index contributed by atoms with van der Waals surface area (Å²) in [5.74, 6) is 0. The Hall–Kier alpha value is -1.86. The summed E-state index contributed by atoms with van der Waals surface area (Å²) in [5, 5.41) is 15.7. The lowest BCUT2D eigenvalue weighted by atomic mass is 10.0. The van der Waals surface area contributed by atoms with Gasteiger partial charge in [-0.3, -0.25) is 10.00 Å². The van der Waals surface area contributed by atoms with Crippen LogP contribution in [0.3, 0.4) is 0 Å². The van der Waals surface area contributed by atoms with Crippen molar-refractivity contribution in [2.45, 2.75) is 24.7 Å². The SMILES string of the molecule is Cn1cc(C(N[C@H](CO)Cc2ccccc2)C(F)(F)F)cn1. The van der Waals surface area contributed by atoms with E-state index >= 15 is 0 Å². The maximum absolute atomic E-state index is 13.3. The van der Waals surface area contributed by atoms with Crippen LogP contribution in [0.5, 0.6) is 0 Å². The molecule has 0 aliphatic heterocycles. The summed E-state index contributed by atoms with van der Waals surface area (Å²) in [6, 6.07) is 6.53. The number of alkyl halides is 3. The van der Waals surface area contributed by atoms with Crippen molar-refractivity contribution in [3.8, 4) is 0 Å². The van der Waals surface area contributed by atoms with Gasteiger partial charge in [0.1, 0.15) is 6.04 Å². The third kappa shape index (κ3) is 4.32. The second kappa shape index (κ2) is 6.93. The molecule has 0 saturated heterocycles. The molecule has 7 heteroatoms. The van der Waals surface area contributed by atoms with Gasteiger partial charge in [0.2, 0.25) is 0 Å². The summed E-state index contributed by atoms with van der Waals surface area (Å²) in [6.07, 6.45) is -1.65. The number of aliphatic hydroxyl groups is 1. The number of rotatable bonds is 6. The first kappa shape index (κ1) is 16.5. The molecule has 4 nitrogen and oxygen atoms in total. The van der Waals surface area contributed by atoms with Crippen LogP contribution in [-0.2, 0) is 13.5 Å². The first-order valence-corrected chi connectivity index (χ1v) is 6.86. The molecule has 120 valence electrons. The fraction of sp³-hybridized carbons (Fsp3) is 0.400. The van der Waals surface area contributed by atoms with Crippen LogP contribution in [0.1, 0.15) is 17.2 Å². The summed E-state index contributed by atoms with van der Waals surface area (Å²) in [4.78, 5) is 0. The summed E-state index contributed by atoms with van der Waals surface area (Å²) >= 11 is 0. The molecule has 0 radical (unpaired) electrons. The summed E-state index contributed by atoms with van der Waals surface area (Å²) in [6.45, 7) is -0.387. The Labute approximate surface area is 126 Å². The molecular weight excluding hydrogens is 295 g/mol. The Balaban J connectivity index is 2.14. The molecule has 1 heterocycles. The topological polar surface area (TPSA) is 50.1 Å². The molecule has 1 aromatic carbocycles. The number of aryl methyl sites for hydroxylation is 1. The third-order valence-electron chi connectivity index (χ3n) is 3.33. The molecule has 0 bridgehead atoms. The zero-order valence-electron chi connectivity index (χ0n) is 12.1. The second-order valence-electron chi connectivity index (χ2n) is 5.16. The minimum Gasteiger partial charge on any atom is -0.395 e. The monoisotopic (exact) mass is 313 g/mol. The van der Waals surface area contributed by atoms with Gasteiger partial charge in [-0.15, -0.1) is 0 Å². The molecule has 2 aromatic rings. The van der Waals surface area contributed by atoms with Gasteiger partial charge in [-0.1, -0.05) is 30.3 Å². The quantitative estimate of drug-likeness (QED) is 0.860. The molecule has 0 spiro atoms. The van der Waals surface area contributed by atoms with E-state index in [0.29, 0.717) is 6.42 Å². The lowest BCUT2D eigenvalue weighted by molar-refractivity contribution is -0.160. The van der Waals surface area contributed by atoms with Crippen LogP contribution in [0, 0.1) is 0 Å². The molecule has 1 unspecified atom stereocenters. The Bertz CT molecular complexity index is 583. The number of aromatic nitrogens is 2. The van der Waals surface area contributed by atoms with E-state index in [0.717, 1.165) is 5.56 Å². The number of nitrogens with zero attached hydrogens (tertiary/aromatic N) is 2. The van der Waals surface area contributed by atoms with Crippen LogP contribution >= 0.6 is 0 Å². The molecule has 0 aliphatic carbocycles. The maximum atomic E-state index is 13.3. The highest BCUT2D eigenvalue weighted by molar-refractivity contribution is 5.17. The first-order chi connectivity index (χ1) is 10.4. The second-order valence-corrected chi connectivity index (χ2v) is 5.16. The van der Waals surface area contributed by atoms with Crippen molar-refractivity contribution in [2.75, 3.05) is 6.61 Å². The van der Waals surface area contributed by atoms with E-state index in [1.165, 1.54) is 17.1 Å². The van der Waals surface area contributed by atoms with Gasteiger partial charge in [0.15, 0.2) is 0 Å². The average Bonchev–Trinajstić information content (AvgIpc) is 2.89. The molecular formula is C15H18F3N3O. The standard InChI is InChI=1S/C15H18F3N3O/c1-21-9-12(8-19-21)14(15(16,17)18)20-13(10-22)7-11-5-3-2-4-6-11/h2-6,8-9,13-14,20,22H,7,10H2,1H3/t13-,14?/m0/s1. The number of nitrogens with one attached hydrogen (secondary N) is 1. The van der Waals surface area contributed by atoms with Crippen molar-refractivity contribution in [1.29, 1.82) is 0 Å². The highest BCUT2D eigenvalue weighted by Crippen LogP contribution is 2.33. The van der Waals surface area contributed by atoms with Crippen molar-refractivity contribution in [3.05, 3.63) is 53.9 Å². The summed E-state index contributed by atoms with van der Waals surface area (Å²) < 4.78 is 41.1. The number of benzene rings is 1. The normalized spacial score (nSPS) is 14.8. The average molecular weight is 313 g/mol. The highest BCUT2D eigenvalue weighted by atomic mass is 19.4. The Morgan fingerprint density at radius 1 is 1.27 bits per heavy atom. The Morgan fingerprint density at radius 2 is 1.95 bits per heavy atom. The van der Waals surface area contributed by atoms with Crippen molar-refractivity contribution in [3.63, 3.8) is 0 Å². The van der Waals surface area contributed by atoms with Crippen LogP contribution in [0.4, 0.5) is 13.2 Å². The van der Waals surface area contributed by atoms with E-state index < -0.39 is 18.3 Å². The van der Waals surface area contributed by atoms with Crippen molar-refractivity contribution < 1.29 is 18.3 Å². The lowest BCUT2D eigenvalue weighted by Gasteiger charge is -2.26. The number of halogens is 3. The lowest BCUT2D eigenvalue weighted by Crippen LogP contribution is -2.43. The van der Waals surface area contributed by atoms with Crippen molar-refractivity contribution >= 4 is 0 Å². The highest BCUT2D eigenvalue weighted by Gasteiger charge is 2.42. The van der Waals surface area contributed by atoms with Gasteiger partial charge in [-0.05, 0) is 12.0 Å². The third-order valence-corrected chi connectivity index (χ3v) is 3.33. The van der Waals surface area contributed by atoms with Crippen molar-refractivity contribution in [2.24, 2.45) is 7.05 Å². The summed E-state index contributed by atoms with van der Waals surface area (Å²) in [7, 11) is 1.56. The van der Waals surface area contributed by atoms with Gasteiger partial charge in [0.05, 0.1) is 12.8 Å². The van der Waals surface area contributed by atoms with Crippen molar-refractivity contribution in [1.82, 2.24) is 15.1 Å². The number of hydrogen-bond donors (Lipinski definition) is 2. The van der Waals surface area contributed by atoms with E-state index in [9.17, 15) is 18.3 Å². The fourth-order valence-electron chi connectivity index (χ4n) is 2.28. The minimum absolute atomic E-state index is 0.0292. The van der Waals surface area contributed by atoms with Crippen LogP contribution in [-0.4, -0.2) is 33.7 Å². The maximum Gasteiger partial charge on any atom is 0.408 e. The van der Waals surface area contributed by atoms with Gasteiger partial charge in [0.25, 0.3) is 0 Å². The molecule has 2 N–H and O–H groups in total. The molecule has 0 fully saturated rings. The predicted molar refractivity (Wildman–Crippen MR) is 76.2 cm³/mol. The van der Waals surface area contributed by atoms with Crippen LogP contribution in [0.15, 0.2) is 42.7 Å². The zero-order chi connectivity index (χ0) is 16.2.